The van der Waals surface area contributed by atoms with E-state index in [1.807, 2.05) is 34.5 Å². The molecule has 4 rings (SSSR count). The number of carbonyl (C=O) groups excluding carboxylic acids is 2. The SMILES string of the molecule is O=C(NCC1CCN(C(=O)c2cccnc2)CC1)c1ccc(-c2ccsc2)cc1. The van der Waals surface area contributed by atoms with Crippen LogP contribution in [0.25, 0.3) is 11.1 Å². The number of likely N-dealkylation sites (tertiary alicyclic amines) is 1. The van der Waals surface area contributed by atoms with E-state index in [4.69, 9.17) is 0 Å². The van der Waals surface area contributed by atoms with Crippen LogP contribution < -0.4 is 5.32 Å². The van der Waals surface area contributed by atoms with Crippen LogP contribution >= 0.6 is 11.3 Å². The molecule has 3 aromatic rings. The summed E-state index contributed by atoms with van der Waals surface area (Å²) in [5, 5.41) is 7.19. The number of aromatic nitrogens is 1. The molecule has 1 aromatic carbocycles. The molecule has 0 bridgehead atoms. The van der Waals surface area contributed by atoms with Gasteiger partial charge in [0, 0.05) is 37.6 Å². The maximum Gasteiger partial charge on any atom is 0.255 e. The van der Waals surface area contributed by atoms with Gasteiger partial charge in [-0.05, 0) is 71.0 Å². The number of carbonyl (C=O) groups is 2. The van der Waals surface area contributed by atoms with Crippen molar-refractivity contribution in [3.63, 3.8) is 0 Å². The summed E-state index contributed by atoms with van der Waals surface area (Å²) in [6.45, 7) is 2.06. The van der Waals surface area contributed by atoms with E-state index in [-0.39, 0.29) is 11.8 Å². The number of piperidine rings is 1. The summed E-state index contributed by atoms with van der Waals surface area (Å²) in [5.41, 5.74) is 3.60. The van der Waals surface area contributed by atoms with E-state index in [0.717, 1.165) is 18.4 Å². The van der Waals surface area contributed by atoms with Gasteiger partial charge < -0.3 is 10.2 Å². The van der Waals surface area contributed by atoms with Gasteiger partial charge in [-0.25, -0.2) is 0 Å². The highest BCUT2D eigenvalue weighted by atomic mass is 32.1. The fraction of sp³-hybridized carbons (Fsp3) is 0.261. The van der Waals surface area contributed by atoms with Crippen molar-refractivity contribution < 1.29 is 9.59 Å². The molecule has 5 nitrogen and oxygen atoms in total. The molecule has 1 aliphatic heterocycles. The predicted octanol–water partition coefficient (Wildman–Crippen LogP) is 4.09. The monoisotopic (exact) mass is 405 g/mol. The van der Waals surface area contributed by atoms with Gasteiger partial charge in [0.2, 0.25) is 0 Å². The number of hydrogen-bond acceptors (Lipinski definition) is 4. The number of thiophene rings is 1. The lowest BCUT2D eigenvalue weighted by Gasteiger charge is -2.32. The van der Waals surface area contributed by atoms with E-state index in [0.29, 0.717) is 36.7 Å². The third-order valence-electron chi connectivity index (χ3n) is 5.36. The standard InChI is InChI=1S/C23H23N3O2S/c27-22(19-5-3-18(4-6-19)21-9-13-29-16-21)25-14-17-7-11-26(12-8-17)23(28)20-2-1-10-24-15-20/h1-6,9-10,13,15-17H,7-8,11-12,14H2,(H,25,27). The van der Waals surface area contributed by atoms with Crippen LogP contribution in [0, 0.1) is 5.92 Å². The van der Waals surface area contributed by atoms with E-state index in [2.05, 4.69) is 21.7 Å². The molecule has 3 heterocycles. The first kappa shape index (κ1) is 19.3. The zero-order chi connectivity index (χ0) is 20.1. The van der Waals surface area contributed by atoms with Crippen molar-refractivity contribution in [1.29, 1.82) is 0 Å². The molecule has 6 heteroatoms. The van der Waals surface area contributed by atoms with Gasteiger partial charge in [0.05, 0.1) is 5.56 Å². The molecular weight excluding hydrogens is 382 g/mol. The molecule has 0 unspecified atom stereocenters. The van der Waals surface area contributed by atoms with Gasteiger partial charge in [-0.2, -0.15) is 11.3 Å². The number of nitrogens with one attached hydrogen (secondary N) is 1. The van der Waals surface area contributed by atoms with E-state index in [1.165, 1.54) is 5.56 Å². The van der Waals surface area contributed by atoms with Gasteiger partial charge in [-0.1, -0.05) is 12.1 Å². The Labute approximate surface area is 174 Å². The van der Waals surface area contributed by atoms with Crippen molar-refractivity contribution in [2.45, 2.75) is 12.8 Å². The van der Waals surface area contributed by atoms with Crippen molar-refractivity contribution in [2.24, 2.45) is 5.92 Å². The Morgan fingerprint density at radius 1 is 1.03 bits per heavy atom. The quantitative estimate of drug-likeness (QED) is 0.695. The van der Waals surface area contributed by atoms with Gasteiger partial charge in [0.25, 0.3) is 11.8 Å². The van der Waals surface area contributed by atoms with Crippen molar-refractivity contribution in [3.05, 3.63) is 76.7 Å². The lowest BCUT2D eigenvalue weighted by molar-refractivity contribution is 0.0684. The zero-order valence-electron chi connectivity index (χ0n) is 16.1. The molecule has 29 heavy (non-hydrogen) atoms. The first-order valence-electron chi connectivity index (χ1n) is 9.81. The lowest BCUT2D eigenvalue weighted by atomic mass is 9.96. The Morgan fingerprint density at radius 3 is 2.48 bits per heavy atom. The van der Waals surface area contributed by atoms with Gasteiger partial charge in [-0.3, -0.25) is 14.6 Å². The summed E-state index contributed by atoms with van der Waals surface area (Å²) in [7, 11) is 0. The molecular formula is C23H23N3O2S. The Balaban J connectivity index is 1.25. The molecule has 0 radical (unpaired) electrons. The molecule has 1 saturated heterocycles. The van der Waals surface area contributed by atoms with Gasteiger partial charge in [0.1, 0.15) is 0 Å². The minimum atomic E-state index is -0.0456. The van der Waals surface area contributed by atoms with Crippen LogP contribution in [0.2, 0.25) is 0 Å². The summed E-state index contributed by atoms with van der Waals surface area (Å²) >= 11 is 1.66. The van der Waals surface area contributed by atoms with Gasteiger partial charge >= 0.3 is 0 Å². The van der Waals surface area contributed by atoms with Crippen LogP contribution in [0.3, 0.4) is 0 Å². The molecule has 1 N–H and O–H groups in total. The summed E-state index contributed by atoms with van der Waals surface area (Å²) in [5.74, 6) is 0.379. The molecule has 0 spiro atoms. The Kier molecular flexibility index (Phi) is 6.00. The third kappa shape index (κ3) is 4.71. The van der Waals surface area contributed by atoms with E-state index >= 15 is 0 Å². The second-order valence-corrected chi connectivity index (χ2v) is 8.06. The Bertz CT molecular complexity index is 948. The van der Waals surface area contributed by atoms with Gasteiger partial charge in [0.15, 0.2) is 0 Å². The minimum Gasteiger partial charge on any atom is -0.352 e. The number of rotatable bonds is 5. The number of amides is 2. The van der Waals surface area contributed by atoms with Gasteiger partial charge in [-0.15, -0.1) is 0 Å². The highest BCUT2D eigenvalue weighted by Crippen LogP contribution is 2.22. The second-order valence-electron chi connectivity index (χ2n) is 7.28. The van der Waals surface area contributed by atoms with E-state index in [9.17, 15) is 9.59 Å². The van der Waals surface area contributed by atoms with Crippen LogP contribution in [0.4, 0.5) is 0 Å². The van der Waals surface area contributed by atoms with Crippen molar-refractivity contribution in [3.8, 4) is 11.1 Å². The normalized spacial score (nSPS) is 14.6. The predicted molar refractivity (Wildman–Crippen MR) is 115 cm³/mol. The van der Waals surface area contributed by atoms with E-state index in [1.54, 1.807) is 35.9 Å². The summed E-state index contributed by atoms with van der Waals surface area (Å²) < 4.78 is 0. The fourth-order valence-electron chi connectivity index (χ4n) is 3.59. The maximum absolute atomic E-state index is 12.5. The summed E-state index contributed by atoms with van der Waals surface area (Å²) in [6, 6.07) is 13.4. The van der Waals surface area contributed by atoms with E-state index < -0.39 is 0 Å². The van der Waals surface area contributed by atoms with Crippen molar-refractivity contribution >= 4 is 23.2 Å². The average Bonchev–Trinajstić information content (AvgIpc) is 3.33. The topological polar surface area (TPSA) is 62.3 Å². The molecule has 1 aliphatic rings. The number of nitrogens with zero attached hydrogens (tertiary/aromatic N) is 2. The maximum atomic E-state index is 12.5. The van der Waals surface area contributed by atoms with Crippen LogP contribution in [0.5, 0.6) is 0 Å². The average molecular weight is 406 g/mol. The third-order valence-corrected chi connectivity index (χ3v) is 6.05. The molecule has 0 saturated carbocycles. The Morgan fingerprint density at radius 2 is 1.83 bits per heavy atom. The van der Waals surface area contributed by atoms with Crippen LogP contribution in [-0.4, -0.2) is 41.3 Å². The molecule has 148 valence electrons. The lowest BCUT2D eigenvalue weighted by Crippen LogP contribution is -2.41. The highest BCUT2D eigenvalue weighted by Gasteiger charge is 2.24. The highest BCUT2D eigenvalue weighted by molar-refractivity contribution is 7.08. The molecule has 2 aromatic heterocycles. The summed E-state index contributed by atoms with van der Waals surface area (Å²) in [6.07, 6.45) is 5.06. The molecule has 0 aliphatic carbocycles. The minimum absolute atomic E-state index is 0.0336. The van der Waals surface area contributed by atoms with Crippen LogP contribution in [-0.2, 0) is 0 Å². The Hall–Kier alpha value is -2.99. The first-order chi connectivity index (χ1) is 14.2. The molecule has 2 amide bonds. The van der Waals surface area contributed by atoms with Crippen molar-refractivity contribution in [1.82, 2.24) is 15.2 Å². The second kappa shape index (κ2) is 9.01. The fourth-order valence-corrected chi connectivity index (χ4v) is 4.26. The molecule has 0 atom stereocenters. The zero-order valence-corrected chi connectivity index (χ0v) is 16.9. The van der Waals surface area contributed by atoms with Crippen LogP contribution in [0.15, 0.2) is 65.6 Å². The summed E-state index contributed by atoms with van der Waals surface area (Å²) in [4.78, 5) is 30.8. The smallest absolute Gasteiger partial charge is 0.255 e. The largest absolute Gasteiger partial charge is 0.352 e. The number of pyridine rings is 1. The first-order valence-corrected chi connectivity index (χ1v) is 10.7. The number of benzene rings is 1. The van der Waals surface area contributed by atoms with Crippen molar-refractivity contribution in [2.75, 3.05) is 19.6 Å². The number of hydrogen-bond donors (Lipinski definition) is 1. The molecule has 1 fully saturated rings. The van der Waals surface area contributed by atoms with Crippen LogP contribution in [0.1, 0.15) is 33.6 Å².